The van der Waals surface area contributed by atoms with Gasteiger partial charge in [0.2, 0.25) is 5.91 Å². The minimum Gasteiger partial charge on any atom is -0.496 e. The van der Waals surface area contributed by atoms with Gasteiger partial charge >= 0.3 is 0 Å². The summed E-state index contributed by atoms with van der Waals surface area (Å²) in [4.78, 5) is 12.1. The fourth-order valence-corrected chi connectivity index (χ4v) is 3.05. The molecule has 0 aliphatic heterocycles. The highest BCUT2D eigenvalue weighted by atomic mass is 16.5. The van der Waals surface area contributed by atoms with Gasteiger partial charge in [-0.25, -0.2) is 0 Å². The van der Waals surface area contributed by atoms with Gasteiger partial charge in [-0.3, -0.25) is 4.79 Å². The van der Waals surface area contributed by atoms with Crippen molar-refractivity contribution in [2.45, 2.75) is 38.3 Å². The molecule has 3 N–H and O–H groups in total. The molecule has 0 spiro atoms. The molecule has 1 aromatic rings. The molecule has 0 radical (unpaired) electrons. The first-order valence-electron chi connectivity index (χ1n) is 7.90. The van der Waals surface area contributed by atoms with Gasteiger partial charge in [-0.15, -0.1) is 0 Å². The molecule has 1 saturated carbocycles. The smallest absolute Gasteiger partial charge is 0.220 e. The van der Waals surface area contributed by atoms with Gasteiger partial charge in [0.05, 0.1) is 21.3 Å². The Balaban J connectivity index is 2.00. The van der Waals surface area contributed by atoms with Crippen LogP contribution in [0.4, 0.5) is 0 Å². The van der Waals surface area contributed by atoms with E-state index in [9.17, 15) is 4.79 Å². The number of rotatable bonds is 7. The molecule has 0 bridgehead atoms. The molecule has 1 fully saturated rings. The highest BCUT2D eigenvalue weighted by Gasteiger charge is 2.26. The summed E-state index contributed by atoms with van der Waals surface area (Å²) in [6, 6.07) is 3.73. The maximum Gasteiger partial charge on any atom is 0.220 e. The molecule has 2 rings (SSSR count). The van der Waals surface area contributed by atoms with Crippen LogP contribution in [-0.4, -0.2) is 33.3 Å². The summed E-state index contributed by atoms with van der Waals surface area (Å²) >= 11 is 0. The lowest BCUT2D eigenvalue weighted by molar-refractivity contribution is -0.122. The highest BCUT2D eigenvalue weighted by molar-refractivity contribution is 5.76. The summed E-state index contributed by atoms with van der Waals surface area (Å²) in [5.74, 6) is 2.17. The predicted molar refractivity (Wildman–Crippen MR) is 87.9 cm³/mol. The summed E-state index contributed by atoms with van der Waals surface area (Å²) in [6.07, 6.45) is 3.65. The number of carbonyl (C=O) groups excluding carboxylic acids is 1. The lowest BCUT2D eigenvalue weighted by Gasteiger charge is -2.16. The van der Waals surface area contributed by atoms with E-state index in [1.165, 1.54) is 0 Å². The van der Waals surface area contributed by atoms with Crippen LogP contribution in [0.2, 0.25) is 0 Å². The third-order valence-corrected chi connectivity index (χ3v) is 4.43. The maximum atomic E-state index is 12.1. The Morgan fingerprint density at radius 2 is 1.78 bits per heavy atom. The van der Waals surface area contributed by atoms with Gasteiger partial charge in [-0.1, -0.05) is 6.42 Å². The molecule has 0 heterocycles. The number of amides is 1. The molecule has 1 aromatic carbocycles. The Morgan fingerprint density at radius 3 is 2.35 bits per heavy atom. The van der Waals surface area contributed by atoms with Crippen LogP contribution in [0.15, 0.2) is 12.1 Å². The number of methoxy groups -OCH3 is 3. The van der Waals surface area contributed by atoms with Crippen LogP contribution in [0.25, 0.3) is 0 Å². The molecule has 0 unspecified atom stereocenters. The van der Waals surface area contributed by atoms with E-state index < -0.39 is 0 Å². The Hall–Kier alpha value is -1.95. The number of ether oxygens (including phenoxy) is 3. The van der Waals surface area contributed by atoms with E-state index in [0.717, 1.165) is 24.8 Å². The average molecular weight is 322 g/mol. The van der Waals surface area contributed by atoms with Crippen LogP contribution in [0.1, 0.15) is 31.2 Å². The van der Waals surface area contributed by atoms with E-state index in [4.69, 9.17) is 19.9 Å². The Labute approximate surface area is 137 Å². The molecule has 128 valence electrons. The number of carbonyl (C=O) groups is 1. The lowest BCUT2D eigenvalue weighted by atomic mass is 10.00. The van der Waals surface area contributed by atoms with Gasteiger partial charge in [-0.05, 0) is 24.8 Å². The first-order valence-corrected chi connectivity index (χ1v) is 7.90. The second-order valence-corrected chi connectivity index (χ2v) is 5.85. The lowest BCUT2D eigenvalue weighted by Crippen LogP contribution is -2.31. The van der Waals surface area contributed by atoms with E-state index in [-0.39, 0.29) is 11.9 Å². The number of nitrogens with two attached hydrogens (primary N) is 1. The highest BCUT2D eigenvalue weighted by Crippen LogP contribution is 2.34. The van der Waals surface area contributed by atoms with E-state index >= 15 is 0 Å². The average Bonchev–Trinajstić information content (AvgIpc) is 2.96. The van der Waals surface area contributed by atoms with Gasteiger partial charge in [0.1, 0.15) is 5.75 Å². The number of benzene rings is 1. The van der Waals surface area contributed by atoms with Crippen molar-refractivity contribution in [3.05, 3.63) is 17.7 Å². The molecule has 1 aliphatic carbocycles. The molecule has 1 aliphatic rings. The van der Waals surface area contributed by atoms with Crippen molar-refractivity contribution < 1.29 is 19.0 Å². The first kappa shape index (κ1) is 17.4. The van der Waals surface area contributed by atoms with Crippen molar-refractivity contribution >= 4 is 5.91 Å². The molecule has 6 nitrogen and oxygen atoms in total. The van der Waals surface area contributed by atoms with E-state index in [0.29, 0.717) is 36.1 Å². The third-order valence-electron chi connectivity index (χ3n) is 4.43. The molecule has 0 aromatic heterocycles. The van der Waals surface area contributed by atoms with Gasteiger partial charge in [0.25, 0.3) is 0 Å². The van der Waals surface area contributed by atoms with Crippen molar-refractivity contribution in [2.24, 2.45) is 11.7 Å². The van der Waals surface area contributed by atoms with E-state index in [1.807, 2.05) is 6.07 Å². The summed E-state index contributed by atoms with van der Waals surface area (Å²) in [5.41, 5.74) is 6.86. The number of nitrogens with one attached hydrogen (secondary N) is 1. The van der Waals surface area contributed by atoms with E-state index in [2.05, 4.69) is 5.32 Å². The van der Waals surface area contributed by atoms with Crippen molar-refractivity contribution in [2.75, 3.05) is 21.3 Å². The zero-order valence-corrected chi connectivity index (χ0v) is 14.1. The van der Waals surface area contributed by atoms with Crippen molar-refractivity contribution in [1.29, 1.82) is 0 Å². The van der Waals surface area contributed by atoms with Gasteiger partial charge in [-0.2, -0.15) is 0 Å². The minimum absolute atomic E-state index is 0.0178. The summed E-state index contributed by atoms with van der Waals surface area (Å²) < 4.78 is 15.9. The summed E-state index contributed by atoms with van der Waals surface area (Å²) in [6.45, 7) is 0.379. The van der Waals surface area contributed by atoms with E-state index in [1.54, 1.807) is 27.4 Å². The maximum absolute atomic E-state index is 12.1. The standard InChI is InChI=1S/C17H26N2O4/c1-21-14-9-16(23-3)15(22-2)7-12(14)10-19-17(20)8-11-5-4-6-13(11)18/h7,9,11,13H,4-6,8,10,18H2,1-3H3,(H,19,20)/t11-,13+/m0/s1. The van der Waals surface area contributed by atoms with Crippen molar-refractivity contribution in [3.8, 4) is 17.2 Å². The molecule has 23 heavy (non-hydrogen) atoms. The van der Waals surface area contributed by atoms with Crippen LogP contribution >= 0.6 is 0 Å². The SMILES string of the molecule is COc1cc(OC)c(OC)cc1CNC(=O)C[C@@H]1CCC[C@H]1N. The second kappa shape index (κ2) is 8.06. The van der Waals surface area contributed by atoms with Crippen LogP contribution in [0, 0.1) is 5.92 Å². The monoisotopic (exact) mass is 322 g/mol. The molecular formula is C17H26N2O4. The molecule has 1 amide bonds. The number of hydrogen-bond acceptors (Lipinski definition) is 5. The van der Waals surface area contributed by atoms with Crippen LogP contribution < -0.4 is 25.3 Å². The fraction of sp³-hybridized carbons (Fsp3) is 0.588. The molecule has 2 atom stereocenters. The largest absolute Gasteiger partial charge is 0.496 e. The first-order chi connectivity index (χ1) is 11.1. The third kappa shape index (κ3) is 4.28. The van der Waals surface area contributed by atoms with Gasteiger partial charge in [0, 0.05) is 30.6 Å². The molecular weight excluding hydrogens is 296 g/mol. The topological polar surface area (TPSA) is 82.8 Å². The van der Waals surface area contributed by atoms with Crippen molar-refractivity contribution in [3.63, 3.8) is 0 Å². The fourth-order valence-electron chi connectivity index (χ4n) is 3.05. The van der Waals surface area contributed by atoms with Crippen LogP contribution in [0.5, 0.6) is 17.2 Å². The van der Waals surface area contributed by atoms with Gasteiger partial charge < -0.3 is 25.3 Å². The Kier molecular flexibility index (Phi) is 6.10. The second-order valence-electron chi connectivity index (χ2n) is 5.85. The van der Waals surface area contributed by atoms with Crippen LogP contribution in [-0.2, 0) is 11.3 Å². The molecule has 0 saturated heterocycles. The number of hydrogen-bond donors (Lipinski definition) is 2. The zero-order valence-electron chi connectivity index (χ0n) is 14.1. The Bertz CT molecular complexity index is 548. The normalized spacial score (nSPS) is 20.2. The Morgan fingerprint density at radius 1 is 1.13 bits per heavy atom. The minimum atomic E-state index is 0.0178. The molecule has 6 heteroatoms. The van der Waals surface area contributed by atoms with Crippen LogP contribution in [0.3, 0.4) is 0 Å². The zero-order chi connectivity index (χ0) is 16.8. The summed E-state index contributed by atoms with van der Waals surface area (Å²) in [7, 11) is 4.74. The van der Waals surface area contributed by atoms with Crippen molar-refractivity contribution in [1.82, 2.24) is 5.32 Å². The predicted octanol–water partition coefficient (Wildman–Crippen LogP) is 1.85. The summed E-state index contributed by atoms with van der Waals surface area (Å²) in [5, 5.41) is 2.94. The van der Waals surface area contributed by atoms with Gasteiger partial charge in [0.15, 0.2) is 11.5 Å². The quantitative estimate of drug-likeness (QED) is 0.800.